The van der Waals surface area contributed by atoms with Crippen LogP contribution in [0.5, 0.6) is 0 Å². The first-order valence-corrected chi connectivity index (χ1v) is 5.88. The molecule has 0 aliphatic carbocycles. The molecule has 0 aromatic heterocycles. The molecule has 1 N–H and O–H groups in total. The third-order valence-corrected chi connectivity index (χ3v) is 3.06. The van der Waals surface area contributed by atoms with Gasteiger partial charge in [0.15, 0.2) is 0 Å². The molecule has 0 bridgehead atoms. The molecule has 1 aromatic carbocycles. The quantitative estimate of drug-likeness (QED) is 0.683. The summed E-state index contributed by atoms with van der Waals surface area (Å²) in [5.74, 6) is -0.466. The van der Waals surface area contributed by atoms with Crippen LogP contribution in [0.15, 0.2) is 30.3 Å². The fourth-order valence-electron chi connectivity index (χ4n) is 1.33. The number of ether oxygens (including phenoxy) is 1. The van der Waals surface area contributed by atoms with Crippen molar-refractivity contribution in [2.45, 2.75) is 24.3 Å². The van der Waals surface area contributed by atoms with E-state index in [2.05, 4.69) is 15.9 Å². The molecule has 1 rings (SSSR count). The van der Waals surface area contributed by atoms with Crippen LogP contribution in [0.2, 0.25) is 0 Å². The number of aliphatic hydroxyl groups excluding tert-OH is 1. The van der Waals surface area contributed by atoms with Gasteiger partial charge in [0, 0.05) is 0 Å². The zero-order valence-electron chi connectivity index (χ0n) is 9.31. The van der Waals surface area contributed by atoms with Crippen LogP contribution in [0.4, 0.5) is 0 Å². The first-order valence-electron chi connectivity index (χ1n) is 5.09. The van der Waals surface area contributed by atoms with E-state index in [1.165, 1.54) is 0 Å². The number of carbonyl (C=O) groups is 1. The minimum Gasteiger partial charge on any atom is -0.465 e. The number of halogens is 1. The van der Waals surface area contributed by atoms with E-state index in [4.69, 9.17) is 4.74 Å². The molecule has 0 saturated heterocycles. The summed E-state index contributed by atoms with van der Waals surface area (Å²) in [4.78, 5) is 11.7. The summed E-state index contributed by atoms with van der Waals surface area (Å²) < 4.78 is 3.78. The molecular weight excluding hydrogens is 272 g/mol. The number of alkyl halides is 1. The molecule has 0 aliphatic heterocycles. The molecule has 4 heteroatoms. The van der Waals surface area contributed by atoms with Crippen LogP contribution in [0.3, 0.4) is 0 Å². The van der Waals surface area contributed by atoms with E-state index in [1.54, 1.807) is 26.0 Å². The molecule has 0 fully saturated rings. The van der Waals surface area contributed by atoms with Crippen molar-refractivity contribution in [3.8, 4) is 0 Å². The second-order valence-corrected chi connectivity index (χ2v) is 5.26. The fraction of sp³-hybridized carbons (Fsp3) is 0.417. The van der Waals surface area contributed by atoms with E-state index in [9.17, 15) is 9.90 Å². The lowest BCUT2D eigenvalue weighted by Crippen LogP contribution is -2.37. The first-order chi connectivity index (χ1) is 7.50. The Balaban J connectivity index is 2.87. The average Bonchev–Trinajstić information content (AvgIpc) is 2.29. The van der Waals surface area contributed by atoms with Gasteiger partial charge in [0.1, 0.15) is 10.4 Å². The molecule has 3 nitrogen and oxygen atoms in total. The van der Waals surface area contributed by atoms with Gasteiger partial charge >= 0.3 is 5.97 Å². The third kappa shape index (κ3) is 2.83. The Hall–Kier alpha value is -0.870. The molecule has 88 valence electrons. The van der Waals surface area contributed by atoms with Crippen LogP contribution in [0.25, 0.3) is 0 Å². The Morgan fingerprint density at radius 3 is 2.56 bits per heavy atom. The van der Waals surface area contributed by atoms with Crippen LogP contribution in [-0.2, 0) is 9.53 Å². The lowest BCUT2D eigenvalue weighted by Gasteiger charge is -2.26. The van der Waals surface area contributed by atoms with E-state index >= 15 is 0 Å². The third-order valence-electron chi connectivity index (χ3n) is 2.30. The Bertz CT molecular complexity index is 349. The fourth-order valence-corrected chi connectivity index (χ4v) is 1.71. The minimum atomic E-state index is -1.12. The maximum atomic E-state index is 11.7. The van der Waals surface area contributed by atoms with Crippen LogP contribution in [0, 0.1) is 0 Å². The maximum Gasteiger partial charge on any atom is 0.325 e. The van der Waals surface area contributed by atoms with Gasteiger partial charge in [0.2, 0.25) is 0 Å². The summed E-state index contributed by atoms with van der Waals surface area (Å²) in [6, 6.07) is 9.01. The molecule has 0 saturated carbocycles. The maximum absolute atomic E-state index is 11.7. The van der Waals surface area contributed by atoms with Gasteiger partial charge in [-0.3, -0.25) is 4.79 Å². The molecule has 16 heavy (non-hydrogen) atoms. The summed E-state index contributed by atoms with van der Waals surface area (Å²) in [7, 11) is 0. The second kappa shape index (κ2) is 5.46. The van der Waals surface area contributed by atoms with Gasteiger partial charge in [0.05, 0.1) is 6.61 Å². The summed E-state index contributed by atoms with van der Waals surface area (Å²) in [5, 5.41) is 10.1. The van der Waals surface area contributed by atoms with Gasteiger partial charge < -0.3 is 9.84 Å². The zero-order chi connectivity index (χ0) is 12.2. The Labute approximate surface area is 104 Å². The Morgan fingerprint density at radius 2 is 2.06 bits per heavy atom. The Morgan fingerprint density at radius 1 is 1.50 bits per heavy atom. The predicted octanol–water partition coefficient (Wildman–Crippen LogP) is 2.44. The molecule has 0 aliphatic rings. The molecule has 0 unspecified atom stereocenters. The topological polar surface area (TPSA) is 46.5 Å². The number of hydrogen-bond donors (Lipinski definition) is 1. The van der Waals surface area contributed by atoms with Crippen LogP contribution < -0.4 is 0 Å². The summed E-state index contributed by atoms with van der Waals surface area (Å²) in [6.07, 6.45) is -0.937. The molecule has 0 amide bonds. The highest BCUT2D eigenvalue weighted by molar-refractivity contribution is 9.10. The molecule has 0 heterocycles. The lowest BCUT2D eigenvalue weighted by molar-refractivity contribution is -0.148. The number of benzene rings is 1. The smallest absolute Gasteiger partial charge is 0.325 e. The van der Waals surface area contributed by atoms with Gasteiger partial charge in [-0.05, 0) is 19.4 Å². The lowest BCUT2D eigenvalue weighted by atomic mass is 9.97. The highest BCUT2D eigenvalue weighted by Crippen LogP contribution is 2.34. The monoisotopic (exact) mass is 286 g/mol. The van der Waals surface area contributed by atoms with Crippen LogP contribution in [-0.4, -0.2) is 22.0 Å². The van der Waals surface area contributed by atoms with E-state index in [-0.39, 0.29) is 0 Å². The van der Waals surface area contributed by atoms with Gasteiger partial charge in [-0.1, -0.05) is 46.3 Å². The van der Waals surface area contributed by atoms with E-state index in [1.807, 2.05) is 18.2 Å². The van der Waals surface area contributed by atoms with Gasteiger partial charge in [-0.15, -0.1) is 0 Å². The molecular formula is C12H15BrO3. The van der Waals surface area contributed by atoms with Crippen molar-refractivity contribution in [1.29, 1.82) is 0 Å². The molecule has 2 atom stereocenters. The van der Waals surface area contributed by atoms with E-state index in [0.717, 1.165) is 0 Å². The van der Waals surface area contributed by atoms with Crippen molar-refractivity contribution >= 4 is 21.9 Å². The molecule has 0 radical (unpaired) electrons. The first kappa shape index (κ1) is 13.2. The van der Waals surface area contributed by atoms with Crippen molar-refractivity contribution in [2.24, 2.45) is 0 Å². The van der Waals surface area contributed by atoms with Crippen molar-refractivity contribution < 1.29 is 14.6 Å². The van der Waals surface area contributed by atoms with Crippen molar-refractivity contribution in [2.75, 3.05) is 6.61 Å². The van der Waals surface area contributed by atoms with Gasteiger partial charge in [-0.25, -0.2) is 0 Å². The zero-order valence-corrected chi connectivity index (χ0v) is 10.9. The van der Waals surface area contributed by atoms with Gasteiger partial charge in [-0.2, -0.15) is 0 Å². The number of esters is 1. The highest BCUT2D eigenvalue weighted by Gasteiger charge is 2.40. The minimum absolute atomic E-state index is 0.293. The van der Waals surface area contributed by atoms with Crippen molar-refractivity contribution in [3.63, 3.8) is 0 Å². The molecule has 1 aromatic rings. The summed E-state index contributed by atoms with van der Waals surface area (Å²) in [5.41, 5.74) is 0.676. The number of hydrogen-bond acceptors (Lipinski definition) is 3. The summed E-state index contributed by atoms with van der Waals surface area (Å²) in [6.45, 7) is 3.63. The normalized spacial score (nSPS) is 16.2. The van der Waals surface area contributed by atoms with Crippen molar-refractivity contribution in [1.82, 2.24) is 0 Å². The number of aliphatic hydroxyl groups is 1. The number of carbonyl (C=O) groups excluding carboxylic acids is 1. The van der Waals surface area contributed by atoms with E-state index in [0.29, 0.717) is 12.2 Å². The SMILES string of the molecule is CCOC(=O)[C@@](C)(Br)[C@@H](O)c1ccccc1. The Kier molecular flexibility index (Phi) is 4.50. The van der Waals surface area contributed by atoms with Gasteiger partial charge in [0.25, 0.3) is 0 Å². The second-order valence-electron chi connectivity index (χ2n) is 3.61. The van der Waals surface area contributed by atoms with Crippen LogP contribution >= 0.6 is 15.9 Å². The van der Waals surface area contributed by atoms with Crippen LogP contribution in [0.1, 0.15) is 25.5 Å². The largest absolute Gasteiger partial charge is 0.465 e. The number of rotatable bonds is 4. The predicted molar refractivity (Wildman–Crippen MR) is 65.4 cm³/mol. The highest BCUT2D eigenvalue weighted by atomic mass is 79.9. The summed E-state index contributed by atoms with van der Waals surface area (Å²) >= 11 is 3.23. The average molecular weight is 287 g/mol. The molecule has 0 spiro atoms. The standard InChI is InChI=1S/C12H15BrO3/c1-3-16-11(15)12(2,13)10(14)9-7-5-4-6-8-9/h4-8,10,14H,3H2,1-2H3/t10-,12-/m0/s1. The van der Waals surface area contributed by atoms with Crippen molar-refractivity contribution in [3.05, 3.63) is 35.9 Å². The van der Waals surface area contributed by atoms with E-state index < -0.39 is 16.4 Å².